The van der Waals surface area contributed by atoms with Crippen LogP contribution in [0, 0.1) is 6.92 Å². The average Bonchev–Trinajstić information content (AvgIpc) is 2.67. The second-order valence-corrected chi connectivity index (χ2v) is 8.37. The summed E-state index contributed by atoms with van der Waals surface area (Å²) in [4.78, 5) is 20.1. The number of sulfonamides is 1. The number of carbonyl (C=O) groups excluding carboxylic acids is 1. The zero-order valence-corrected chi connectivity index (χ0v) is 16.1. The van der Waals surface area contributed by atoms with E-state index in [1.807, 2.05) is 0 Å². The third-order valence-electron chi connectivity index (χ3n) is 4.81. The van der Waals surface area contributed by atoms with Crippen molar-refractivity contribution < 1.29 is 17.9 Å². The molecular weight excluding hydrogens is 368 g/mol. The number of hydrogen-bond donors (Lipinski definition) is 1. The molecule has 27 heavy (non-hydrogen) atoms. The lowest BCUT2D eigenvalue weighted by Gasteiger charge is -2.32. The molecule has 9 heteroatoms. The smallest absolute Gasteiger partial charge is 0.338 e. The number of aromatic nitrogens is 2. The lowest BCUT2D eigenvalue weighted by atomic mass is 9.96. The van der Waals surface area contributed by atoms with Gasteiger partial charge < -0.3 is 10.5 Å². The van der Waals surface area contributed by atoms with Crippen molar-refractivity contribution in [2.45, 2.75) is 30.6 Å². The van der Waals surface area contributed by atoms with E-state index >= 15 is 0 Å². The molecule has 1 aromatic carbocycles. The molecule has 1 aromatic heterocycles. The van der Waals surface area contributed by atoms with Gasteiger partial charge in [-0.25, -0.2) is 23.2 Å². The van der Waals surface area contributed by atoms with E-state index < -0.39 is 16.0 Å². The van der Waals surface area contributed by atoms with Gasteiger partial charge in [-0.05, 0) is 43.5 Å². The highest BCUT2D eigenvalue weighted by molar-refractivity contribution is 7.89. The Morgan fingerprint density at radius 3 is 2.81 bits per heavy atom. The van der Waals surface area contributed by atoms with Gasteiger partial charge in [0.05, 0.1) is 23.3 Å². The summed E-state index contributed by atoms with van der Waals surface area (Å²) < 4.78 is 32.7. The van der Waals surface area contributed by atoms with Crippen LogP contribution in [0.3, 0.4) is 0 Å². The van der Waals surface area contributed by atoms with E-state index in [4.69, 9.17) is 10.5 Å². The van der Waals surface area contributed by atoms with Gasteiger partial charge >= 0.3 is 5.97 Å². The third kappa shape index (κ3) is 3.79. The Kier molecular flexibility index (Phi) is 5.43. The normalized spacial score (nSPS) is 18.2. The van der Waals surface area contributed by atoms with Gasteiger partial charge in [0.1, 0.15) is 0 Å². The first-order valence-corrected chi connectivity index (χ1v) is 10.0. The van der Waals surface area contributed by atoms with Crippen LogP contribution >= 0.6 is 0 Å². The maximum absolute atomic E-state index is 13.2. The predicted octanol–water partition coefficient (Wildman–Crippen LogP) is 1.72. The third-order valence-corrected chi connectivity index (χ3v) is 6.81. The summed E-state index contributed by atoms with van der Waals surface area (Å²) in [6.07, 6.45) is 3.11. The first kappa shape index (κ1) is 19.2. The molecular formula is C18H22N4O4S. The predicted molar refractivity (Wildman–Crippen MR) is 99.7 cm³/mol. The fraction of sp³-hybridized carbons (Fsp3) is 0.389. The van der Waals surface area contributed by atoms with E-state index in [-0.39, 0.29) is 22.3 Å². The van der Waals surface area contributed by atoms with E-state index in [1.165, 1.54) is 17.5 Å². The summed E-state index contributed by atoms with van der Waals surface area (Å²) in [5.41, 5.74) is 7.03. The fourth-order valence-electron chi connectivity index (χ4n) is 3.38. The van der Waals surface area contributed by atoms with Crippen LogP contribution in [-0.2, 0) is 14.8 Å². The second-order valence-electron chi connectivity index (χ2n) is 6.46. The molecule has 1 aliphatic heterocycles. The molecule has 1 fully saturated rings. The molecule has 0 aliphatic carbocycles. The minimum absolute atomic E-state index is 0.0529. The van der Waals surface area contributed by atoms with Gasteiger partial charge in [0.25, 0.3) is 0 Å². The molecule has 0 saturated carbocycles. The van der Waals surface area contributed by atoms with Crippen molar-refractivity contribution in [1.82, 2.24) is 14.3 Å². The summed E-state index contributed by atoms with van der Waals surface area (Å²) >= 11 is 0. The van der Waals surface area contributed by atoms with Gasteiger partial charge in [0, 0.05) is 25.2 Å². The summed E-state index contributed by atoms with van der Waals surface area (Å²) in [5, 5.41) is 0. The number of rotatable bonds is 4. The molecule has 0 radical (unpaired) electrons. The van der Waals surface area contributed by atoms with E-state index in [0.717, 1.165) is 12.1 Å². The molecule has 1 aliphatic rings. The molecule has 1 saturated heterocycles. The Balaban J connectivity index is 1.92. The van der Waals surface area contributed by atoms with E-state index in [9.17, 15) is 13.2 Å². The maximum atomic E-state index is 13.2. The second kappa shape index (κ2) is 7.61. The number of nitrogens with zero attached hydrogens (tertiary/aromatic N) is 3. The first-order chi connectivity index (χ1) is 12.8. The molecule has 0 unspecified atom stereocenters. The molecule has 2 aromatic rings. The van der Waals surface area contributed by atoms with E-state index in [0.29, 0.717) is 25.1 Å². The number of piperidine rings is 1. The average molecular weight is 390 g/mol. The summed E-state index contributed by atoms with van der Waals surface area (Å²) in [5.74, 6) is -0.436. The molecule has 1 atom stereocenters. The summed E-state index contributed by atoms with van der Waals surface area (Å²) in [6, 6.07) is 6.39. The monoisotopic (exact) mass is 390 g/mol. The minimum atomic E-state index is -3.76. The van der Waals surface area contributed by atoms with Gasteiger partial charge in [-0.2, -0.15) is 4.31 Å². The summed E-state index contributed by atoms with van der Waals surface area (Å²) in [7, 11) is -2.49. The van der Waals surface area contributed by atoms with Crippen molar-refractivity contribution >= 4 is 21.9 Å². The van der Waals surface area contributed by atoms with Gasteiger partial charge in [0.15, 0.2) is 0 Å². The summed E-state index contributed by atoms with van der Waals surface area (Å²) in [6.45, 7) is 2.34. The van der Waals surface area contributed by atoms with Gasteiger partial charge in [0.2, 0.25) is 16.0 Å². The Hall–Kier alpha value is -2.52. The minimum Gasteiger partial charge on any atom is -0.465 e. The number of carbonyl (C=O) groups is 1. The van der Waals surface area contributed by atoms with Crippen molar-refractivity contribution in [3.05, 3.63) is 47.3 Å². The molecule has 8 nitrogen and oxygen atoms in total. The lowest BCUT2D eigenvalue weighted by molar-refractivity contribution is 0.0599. The Labute approximate surface area is 158 Å². The van der Waals surface area contributed by atoms with Gasteiger partial charge in [-0.15, -0.1) is 0 Å². The molecule has 0 bridgehead atoms. The topological polar surface area (TPSA) is 115 Å². The SMILES string of the molecule is COC(=O)c1cccc(S(=O)(=O)N2CCC[C@@H](c3ccnc(N)n3)C2)c1C. The van der Waals surface area contributed by atoms with Gasteiger partial charge in [-0.1, -0.05) is 6.07 Å². The molecule has 3 rings (SSSR count). The van der Waals surface area contributed by atoms with Crippen LogP contribution in [0.2, 0.25) is 0 Å². The molecule has 2 heterocycles. The number of benzene rings is 1. The van der Waals surface area contributed by atoms with Crippen LogP contribution < -0.4 is 5.73 Å². The highest BCUT2D eigenvalue weighted by atomic mass is 32.2. The number of esters is 1. The van der Waals surface area contributed by atoms with Crippen molar-refractivity contribution in [3.8, 4) is 0 Å². The van der Waals surface area contributed by atoms with Crippen LogP contribution in [0.1, 0.15) is 40.4 Å². The Morgan fingerprint density at radius 1 is 1.33 bits per heavy atom. The zero-order chi connectivity index (χ0) is 19.6. The van der Waals surface area contributed by atoms with Crippen LogP contribution in [0.15, 0.2) is 35.4 Å². The largest absolute Gasteiger partial charge is 0.465 e. The molecule has 0 spiro atoms. The highest BCUT2D eigenvalue weighted by Crippen LogP contribution is 2.31. The van der Waals surface area contributed by atoms with Crippen molar-refractivity contribution in [2.75, 3.05) is 25.9 Å². The van der Waals surface area contributed by atoms with Crippen LogP contribution in [0.25, 0.3) is 0 Å². The number of nitrogens with two attached hydrogens (primary N) is 1. The number of anilines is 1. The fourth-order valence-corrected chi connectivity index (χ4v) is 5.15. The molecule has 0 amide bonds. The van der Waals surface area contributed by atoms with Crippen molar-refractivity contribution in [2.24, 2.45) is 0 Å². The van der Waals surface area contributed by atoms with Crippen LogP contribution in [-0.4, -0.2) is 48.9 Å². The maximum Gasteiger partial charge on any atom is 0.338 e. The van der Waals surface area contributed by atoms with Crippen LogP contribution in [0.4, 0.5) is 5.95 Å². The van der Waals surface area contributed by atoms with Gasteiger partial charge in [-0.3, -0.25) is 0 Å². The standard InChI is InChI=1S/C18H22N4O4S/c1-12-14(17(23)26-2)6-3-7-16(12)27(24,25)22-10-4-5-13(11-22)15-8-9-20-18(19)21-15/h3,6-9,13H,4-5,10-11H2,1-2H3,(H2,19,20,21)/t13-/m1/s1. The van der Waals surface area contributed by atoms with E-state index in [1.54, 1.807) is 31.3 Å². The number of hydrogen-bond acceptors (Lipinski definition) is 7. The van der Waals surface area contributed by atoms with Crippen LogP contribution in [0.5, 0.6) is 0 Å². The molecule has 2 N–H and O–H groups in total. The Morgan fingerprint density at radius 2 is 2.11 bits per heavy atom. The lowest BCUT2D eigenvalue weighted by Crippen LogP contribution is -2.39. The zero-order valence-electron chi connectivity index (χ0n) is 15.3. The molecule has 144 valence electrons. The first-order valence-electron chi connectivity index (χ1n) is 8.61. The highest BCUT2D eigenvalue weighted by Gasteiger charge is 2.33. The Bertz CT molecular complexity index is 962. The number of nitrogen functional groups attached to an aromatic ring is 1. The quantitative estimate of drug-likeness (QED) is 0.790. The van der Waals surface area contributed by atoms with Crippen molar-refractivity contribution in [1.29, 1.82) is 0 Å². The number of ether oxygens (including phenoxy) is 1. The van der Waals surface area contributed by atoms with E-state index in [2.05, 4.69) is 9.97 Å². The van der Waals surface area contributed by atoms with Crippen molar-refractivity contribution in [3.63, 3.8) is 0 Å². The number of methoxy groups -OCH3 is 1.